The summed E-state index contributed by atoms with van der Waals surface area (Å²) in [6.07, 6.45) is 0. The molecular formula is C21H24N2O4S. The van der Waals surface area contributed by atoms with Crippen molar-refractivity contribution in [3.63, 3.8) is 0 Å². The van der Waals surface area contributed by atoms with Crippen LogP contribution in [0.1, 0.15) is 29.8 Å². The van der Waals surface area contributed by atoms with Gasteiger partial charge in [-0.25, -0.2) is 0 Å². The molecule has 1 aliphatic heterocycles. The third-order valence-corrected chi connectivity index (χ3v) is 5.50. The van der Waals surface area contributed by atoms with E-state index in [9.17, 15) is 9.59 Å². The van der Waals surface area contributed by atoms with Gasteiger partial charge >= 0.3 is 0 Å². The second kappa shape index (κ2) is 9.01. The summed E-state index contributed by atoms with van der Waals surface area (Å²) < 4.78 is 11.0. The normalized spacial score (nSPS) is 12.8. The Morgan fingerprint density at radius 1 is 1.18 bits per heavy atom. The lowest BCUT2D eigenvalue weighted by Crippen LogP contribution is -2.30. The summed E-state index contributed by atoms with van der Waals surface area (Å²) >= 11 is 1.48. The molecule has 2 aromatic rings. The lowest BCUT2D eigenvalue weighted by atomic mass is 10.1. The fourth-order valence-corrected chi connectivity index (χ4v) is 3.82. The van der Waals surface area contributed by atoms with Crippen LogP contribution in [0.15, 0.2) is 41.3 Å². The van der Waals surface area contributed by atoms with Crippen molar-refractivity contribution in [2.45, 2.75) is 25.3 Å². The van der Waals surface area contributed by atoms with Crippen molar-refractivity contribution >= 4 is 29.3 Å². The lowest BCUT2D eigenvalue weighted by molar-refractivity contribution is -0.113. The van der Waals surface area contributed by atoms with Gasteiger partial charge in [0.15, 0.2) is 11.5 Å². The first kappa shape index (κ1) is 20.1. The van der Waals surface area contributed by atoms with E-state index in [1.807, 2.05) is 44.2 Å². The van der Waals surface area contributed by atoms with Crippen LogP contribution in [0.25, 0.3) is 0 Å². The largest absolute Gasteiger partial charge is 0.493 e. The minimum absolute atomic E-state index is 0.0454. The Hall–Kier alpha value is -2.67. The van der Waals surface area contributed by atoms with Crippen molar-refractivity contribution < 1.29 is 19.1 Å². The van der Waals surface area contributed by atoms with Gasteiger partial charge in [0, 0.05) is 23.5 Å². The highest BCUT2D eigenvalue weighted by atomic mass is 32.2. The molecule has 0 fully saturated rings. The zero-order valence-corrected chi connectivity index (χ0v) is 17.1. The van der Waals surface area contributed by atoms with Crippen molar-refractivity contribution in [2.75, 3.05) is 31.3 Å². The number of carbonyl (C=O) groups is 2. The molecule has 1 N–H and O–H groups in total. The summed E-state index contributed by atoms with van der Waals surface area (Å²) in [6.45, 7) is 5.44. The summed E-state index contributed by atoms with van der Waals surface area (Å²) in [4.78, 5) is 27.4. The molecule has 0 atom stereocenters. The molecule has 0 unspecified atom stereocenters. The molecular weight excluding hydrogens is 376 g/mol. The number of methoxy groups -OCH3 is 1. The predicted molar refractivity (Wildman–Crippen MR) is 110 cm³/mol. The number of ether oxygens (including phenoxy) is 2. The van der Waals surface area contributed by atoms with Crippen molar-refractivity contribution in [1.82, 2.24) is 4.90 Å². The number of carbonyl (C=O) groups excluding carboxylic acids is 2. The van der Waals surface area contributed by atoms with Crippen LogP contribution in [0.5, 0.6) is 11.5 Å². The van der Waals surface area contributed by atoms with E-state index in [4.69, 9.17) is 9.47 Å². The maximum absolute atomic E-state index is 13.0. The molecule has 0 bridgehead atoms. The number of thioether (sulfide) groups is 1. The van der Waals surface area contributed by atoms with Crippen molar-refractivity contribution in [3.05, 3.63) is 47.5 Å². The zero-order valence-electron chi connectivity index (χ0n) is 16.3. The van der Waals surface area contributed by atoms with Crippen molar-refractivity contribution in [1.29, 1.82) is 0 Å². The smallest absolute Gasteiger partial charge is 0.254 e. The van der Waals surface area contributed by atoms with Gasteiger partial charge in [-0.3, -0.25) is 9.59 Å². The molecule has 1 heterocycles. The molecule has 0 aromatic heterocycles. The van der Waals surface area contributed by atoms with Gasteiger partial charge in [0.2, 0.25) is 5.91 Å². The van der Waals surface area contributed by atoms with Gasteiger partial charge in [-0.15, -0.1) is 11.8 Å². The van der Waals surface area contributed by atoms with Crippen LogP contribution in [-0.2, 0) is 11.3 Å². The molecule has 148 valence electrons. The van der Waals surface area contributed by atoms with Crippen molar-refractivity contribution in [3.8, 4) is 11.5 Å². The Morgan fingerprint density at radius 2 is 2.00 bits per heavy atom. The average molecular weight is 401 g/mol. The zero-order chi connectivity index (χ0) is 20.1. The number of amides is 2. The summed E-state index contributed by atoms with van der Waals surface area (Å²) in [5.41, 5.74) is 2.21. The maximum Gasteiger partial charge on any atom is 0.254 e. The summed E-state index contributed by atoms with van der Waals surface area (Å²) in [5.74, 6) is 1.61. The highest BCUT2D eigenvalue weighted by Crippen LogP contribution is 2.32. The van der Waals surface area contributed by atoms with E-state index in [1.54, 1.807) is 18.1 Å². The molecule has 6 nitrogen and oxygen atoms in total. The molecule has 0 saturated heterocycles. The van der Waals surface area contributed by atoms with Gasteiger partial charge in [0.1, 0.15) is 0 Å². The van der Waals surface area contributed by atoms with Gasteiger partial charge in [-0.1, -0.05) is 6.07 Å². The summed E-state index contributed by atoms with van der Waals surface area (Å²) in [5, 5.41) is 2.83. The SMILES string of the molecule is CCOc1ccc(CN(CC)C(=O)c2ccc3c(c2)NC(=O)CS3)cc1OC. The molecule has 0 radical (unpaired) electrons. The number of benzene rings is 2. The van der Waals surface area contributed by atoms with Crippen LogP contribution < -0.4 is 14.8 Å². The van der Waals surface area contributed by atoms with E-state index in [1.165, 1.54) is 11.8 Å². The van der Waals surface area contributed by atoms with Gasteiger partial charge < -0.3 is 19.7 Å². The molecule has 28 heavy (non-hydrogen) atoms. The Morgan fingerprint density at radius 3 is 2.71 bits per heavy atom. The number of hydrogen-bond donors (Lipinski definition) is 1. The van der Waals surface area contributed by atoms with Gasteiger partial charge in [0.05, 0.1) is 25.2 Å². The predicted octanol–water partition coefficient (Wildman–Crippen LogP) is 3.80. The van der Waals surface area contributed by atoms with Crippen LogP contribution in [0.2, 0.25) is 0 Å². The number of nitrogens with one attached hydrogen (secondary N) is 1. The Kier molecular flexibility index (Phi) is 6.46. The van der Waals surface area contributed by atoms with Crippen LogP contribution in [0, 0.1) is 0 Å². The average Bonchev–Trinajstić information content (AvgIpc) is 2.72. The van der Waals surface area contributed by atoms with E-state index in [0.717, 1.165) is 10.5 Å². The first-order valence-corrected chi connectivity index (χ1v) is 10.2. The quantitative estimate of drug-likeness (QED) is 0.766. The lowest BCUT2D eigenvalue weighted by Gasteiger charge is -2.23. The van der Waals surface area contributed by atoms with Gasteiger partial charge in [-0.2, -0.15) is 0 Å². The Balaban J connectivity index is 1.79. The Labute approximate surface area is 169 Å². The molecule has 1 aliphatic rings. The fraction of sp³-hybridized carbons (Fsp3) is 0.333. The number of hydrogen-bond acceptors (Lipinski definition) is 5. The van der Waals surface area contributed by atoms with Crippen LogP contribution in [0.4, 0.5) is 5.69 Å². The molecule has 0 aliphatic carbocycles. The first-order chi connectivity index (χ1) is 13.5. The third kappa shape index (κ3) is 4.42. The monoisotopic (exact) mass is 400 g/mol. The molecule has 3 rings (SSSR count). The summed E-state index contributed by atoms with van der Waals surface area (Å²) in [7, 11) is 1.60. The van der Waals surface area contributed by atoms with E-state index >= 15 is 0 Å². The van der Waals surface area contributed by atoms with E-state index in [0.29, 0.717) is 48.2 Å². The highest BCUT2D eigenvalue weighted by molar-refractivity contribution is 8.00. The van der Waals surface area contributed by atoms with Crippen LogP contribution >= 0.6 is 11.8 Å². The molecule has 2 aromatic carbocycles. The van der Waals surface area contributed by atoms with E-state index in [-0.39, 0.29) is 11.8 Å². The molecule has 0 saturated carbocycles. The minimum atomic E-state index is -0.0806. The van der Waals surface area contributed by atoms with Crippen LogP contribution in [-0.4, -0.2) is 42.7 Å². The van der Waals surface area contributed by atoms with E-state index < -0.39 is 0 Å². The number of fused-ring (bicyclic) bond motifs is 1. The molecule has 7 heteroatoms. The topological polar surface area (TPSA) is 67.9 Å². The summed E-state index contributed by atoms with van der Waals surface area (Å²) in [6, 6.07) is 11.1. The number of anilines is 1. The maximum atomic E-state index is 13.0. The standard InChI is InChI=1S/C21H24N2O4S/c1-4-23(12-14-6-8-17(27-5-2)18(10-14)26-3)21(25)15-7-9-19-16(11-15)22-20(24)13-28-19/h6-11H,4-5,12-13H2,1-3H3,(H,22,24). The highest BCUT2D eigenvalue weighted by Gasteiger charge is 2.20. The minimum Gasteiger partial charge on any atom is -0.493 e. The first-order valence-electron chi connectivity index (χ1n) is 9.21. The Bertz CT molecular complexity index is 885. The third-order valence-electron chi connectivity index (χ3n) is 4.43. The fourth-order valence-electron chi connectivity index (χ4n) is 3.03. The molecule has 2 amide bonds. The van der Waals surface area contributed by atoms with Crippen LogP contribution in [0.3, 0.4) is 0 Å². The second-order valence-electron chi connectivity index (χ2n) is 6.29. The number of nitrogens with zero attached hydrogens (tertiary/aromatic N) is 1. The second-order valence-corrected chi connectivity index (χ2v) is 7.30. The van der Waals surface area contributed by atoms with Gasteiger partial charge in [0.25, 0.3) is 5.91 Å². The van der Waals surface area contributed by atoms with Gasteiger partial charge in [-0.05, 0) is 49.7 Å². The van der Waals surface area contributed by atoms with Crippen molar-refractivity contribution in [2.24, 2.45) is 0 Å². The molecule has 0 spiro atoms. The number of rotatable bonds is 7. The van der Waals surface area contributed by atoms with E-state index in [2.05, 4.69) is 5.32 Å².